The first-order valence-electron chi connectivity index (χ1n) is 14.6. The van der Waals surface area contributed by atoms with Gasteiger partial charge in [-0.3, -0.25) is 3.97 Å². The van der Waals surface area contributed by atoms with Crippen LogP contribution in [0.4, 0.5) is 0 Å². The Morgan fingerprint density at radius 2 is 1.91 bits per heavy atom. The highest BCUT2D eigenvalue weighted by molar-refractivity contribution is 8.10. The lowest BCUT2D eigenvalue weighted by Crippen LogP contribution is -2.04. The van der Waals surface area contributed by atoms with E-state index < -0.39 is 0 Å². The molecule has 0 aromatic carbocycles. The third kappa shape index (κ3) is 10.6. The van der Waals surface area contributed by atoms with E-state index in [9.17, 15) is 0 Å². The second-order valence-electron chi connectivity index (χ2n) is 10.1. The number of aromatic nitrogens is 1. The molecular weight excluding hydrogens is 582 g/mol. The van der Waals surface area contributed by atoms with Crippen LogP contribution >= 0.6 is 31.6 Å². The van der Waals surface area contributed by atoms with Gasteiger partial charge in [0.15, 0.2) is 0 Å². The van der Waals surface area contributed by atoms with Gasteiger partial charge in [0.2, 0.25) is 0 Å². The first kappa shape index (κ1) is 36.3. The van der Waals surface area contributed by atoms with Crippen molar-refractivity contribution >= 4 is 42.6 Å². The van der Waals surface area contributed by atoms with Gasteiger partial charge in [0, 0.05) is 38.7 Å². The van der Waals surface area contributed by atoms with Gasteiger partial charge in [-0.25, -0.2) is 0 Å². The lowest BCUT2D eigenvalue weighted by Gasteiger charge is -2.12. The highest BCUT2D eigenvalue weighted by atomic mass is 32.2. The molecule has 5 heteroatoms. The molecule has 1 aromatic rings. The van der Waals surface area contributed by atoms with Crippen molar-refractivity contribution in [2.75, 3.05) is 19.4 Å². The van der Waals surface area contributed by atoms with E-state index in [4.69, 9.17) is 4.74 Å². The molecule has 0 N–H and O–H groups in total. The monoisotopic (exact) mass is 629 g/mol. The summed E-state index contributed by atoms with van der Waals surface area (Å²) in [6, 6.07) is 0. The Morgan fingerprint density at radius 1 is 1.16 bits per heavy atom. The standard InChI is InChI=1S/C38H48NOPS2/c1-12-17-20-34(15-4)43-39-25-36(35(31(39)9)22-23-41(11)16-5)32(10)42-27-29(7)28(6)24-33(19-14-3)37-26-40-38(30(37)8)21-18-13-2/h12-15,17-25,27,37H,1,6,8,10,16,26H2,2-5,7,9,11H3/b18-13-,19-14-,20-17-,23-22-,29-27+,33-24+,34-15+,38-21+. The molecule has 1 aliphatic rings. The lowest BCUT2D eigenvalue weighted by molar-refractivity contribution is 0.250. The fourth-order valence-corrected chi connectivity index (χ4v) is 6.37. The lowest BCUT2D eigenvalue weighted by atomic mass is 9.90. The third-order valence-electron chi connectivity index (χ3n) is 7.01. The highest BCUT2D eigenvalue weighted by Gasteiger charge is 2.27. The topological polar surface area (TPSA) is 14.2 Å². The van der Waals surface area contributed by atoms with Gasteiger partial charge in [0.05, 0.1) is 6.61 Å². The maximum absolute atomic E-state index is 5.95. The Kier molecular flexibility index (Phi) is 15.8. The van der Waals surface area contributed by atoms with Crippen LogP contribution in [0.3, 0.4) is 0 Å². The van der Waals surface area contributed by atoms with Gasteiger partial charge in [-0.05, 0) is 99.2 Å². The summed E-state index contributed by atoms with van der Waals surface area (Å²) < 4.78 is 8.19. The van der Waals surface area contributed by atoms with Crippen LogP contribution in [0.1, 0.15) is 51.4 Å². The zero-order chi connectivity index (χ0) is 31.9. The molecule has 0 aliphatic carbocycles. The molecule has 43 heavy (non-hydrogen) atoms. The summed E-state index contributed by atoms with van der Waals surface area (Å²) in [6.07, 6.45) is 25.9. The van der Waals surface area contributed by atoms with E-state index in [2.05, 4.69) is 119 Å². The maximum Gasteiger partial charge on any atom is 0.122 e. The van der Waals surface area contributed by atoms with Crippen molar-refractivity contribution in [2.24, 2.45) is 5.92 Å². The molecule has 2 unspecified atom stereocenters. The van der Waals surface area contributed by atoms with Crippen LogP contribution in [0.2, 0.25) is 0 Å². The zero-order valence-electron chi connectivity index (χ0n) is 27.0. The molecule has 1 fully saturated rings. The highest BCUT2D eigenvalue weighted by Crippen LogP contribution is 2.40. The van der Waals surface area contributed by atoms with Gasteiger partial charge in [-0.1, -0.05) is 113 Å². The van der Waals surface area contributed by atoms with Crippen molar-refractivity contribution in [3.05, 3.63) is 154 Å². The summed E-state index contributed by atoms with van der Waals surface area (Å²) in [4.78, 5) is 2.16. The van der Waals surface area contributed by atoms with Crippen LogP contribution in [-0.4, -0.2) is 23.4 Å². The zero-order valence-corrected chi connectivity index (χ0v) is 29.5. The van der Waals surface area contributed by atoms with E-state index in [0.717, 1.165) is 43.4 Å². The van der Waals surface area contributed by atoms with E-state index in [1.54, 1.807) is 29.8 Å². The Morgan fingerprint density at radius 3 is 2.53 bits per heavy atom. The summed E-state index contributed by atoms with van der Waals surface area (Å²) in [6.45, 7) is 32.5. The average Bonchev–Trinajstić information content (AvgIpc) is 3.52. The molecule has 1 aliphatic heterocycles. The summed E-state index contributed by atoms with van der Waals surface area (Å²) in [5.74, 6) is 3.31. The van der Waals surface area contributed by atoms with Crippen LogP contribution in [-0.2, 0) is 4.74 Å². The molecular formula is C38H48NOPS2. The SMILES string of the molecule is C=C/C=C\C(=C/C)Sn1cc(C(=C)S/C=C(\C)C(=C)/C=C(\C=C/C)C2CO/C(=C/C=C\C)C2=C)c(/C=C\P(C)CC)c1C. The van der Waals surface area contributed by atoms with Crippen molar-refractivity contribution in [2.45, 2.75) is 41.5 Å². The second kappa shape index (κ2) is 18.7. The van der Waals surface area contributed by atoms with Gasteiger partial charge >= 0.3 is 0 Å². The fraction of sp³-hybridized carbons (Fsp3) is 0.263. The van der Waals surface area contributed by atoms with Crippen molar-refractivity contribution in [1.29, 1.82) is 0 Å². The Balaban J connectivity index is 2.35. The molecule has 228 valence electrons. The van der Waals surface area contributed by atoms with Gasteiger partial charge in [0.1, 0.15) is 5.76 Å². The molecule has 2 atom stereocenters. The molecule has 1 saturated heterocycles. The fourth-order valence-electron chi connectivity index (χ4n) is 4.13. The van der Waals surface area contributed by atoms with Crippen LogP contribution < -0.4 is 0 Å². The van der Waals surface area contributed by atoms with Gasteiger partial charge < -0.3 is 4.74 Å². The summed E-state index contributed by atoms with van der Waals surface area (Å²) in [7, 11) is -0.141. The molecule has 2 rings (SSSR count). The molecule has 1 aromatic heterocycles. The largest absolute Gasteiger partial charge is 0.492 e. The summed E-state index contributed by atoms with van der Waals surface area (Å²) in [5.41, 5.74) is 7.77. The second-order valence-corrected chi connectivity index (χ2v) is 14.5. The quantitative estimate of drug-likeness (QED) is 0.142. The normalized spacial score (nSPS) is 18.6. The minimum absolute atomic E-state index is 0.102. The number of ether oxygens (including phenoxy) is 1. The van der Waals surface area contributed by atoms with Crippen molar-refractivity contribution in [1.82, 2.24) is 3.97 Å². The number of allylic oxidation sites excluding steroid dienone is 13. The molecule has 0 amide bonds. The van der Waals surface area contributed by atoms with Crippen molar-refractivity contribution in [3.8, 4) is 0 Å². The molecule has 2 nitrogen and oxygen atoms in total. The number of thioether (sulfide) groups is 1. The molecule has 0 spiro atoms. The van der Waals surface area contributed by atoms with Gasteiger partial charge in [-0.15, -0.1) is 0 Å². The maximum atomic E-state index is 5.95. The molecule has 0 saturated carbocycles. The summed E-state index contributed by atoms with van der Waals surface area (Å²) >= 11 is 3.35. The first-order chi connectivity index (χ1) is 20.6. The summed E-state index contributed by atoms with van der Waals surface area (Å²) in [5, 5.41) is 2.15. The third-order valence-corrected chi connectivity index (χ3v) is 10.8. The molecule has 2 heterocycles. The number of hydrogen-bond acceptors (Lipinski definition) is 3. The first-order valence-corrected chi connectivity index (χ1v) is 18.3. The van der Waals surface area contributed by atoms with Crippen molar-refractivity contribution in [3.63, 3.8) is 0 Å². The van der Waals surface area contributed by atoms with Crippen LogP contribution in [0.5, 0.6) is 0 Å². The van der Waals surface area contributed by atoms with E-state index in [1.165, 1.54) is 17.4 Å². The number of hydrogen-bond donors (Lipinski definition) is 0. The van der Waals surface area contributed by atoms with Crippen LogP contribution in [0.25, 0.3) is 11.0 Å². The number of nitrogens with zero attached hydrogens (tertiary/aromatic N) is 1. The predicted octanol–water partition coefficient (Wildman–Crippen LogP) is 12.4. The molecule has 0 bridgehead atoms. The van der Waals surface area contributed by atoms with Gasteiger partial charge in [-0.2, -0.15) is 0 Å². The number of rotatable bonds is 15. The van der Waals surface area contributed by atoms with Crippen LogP contribution in [0, 0.1) is 12.8 Å². The van der Waals surface area contributed by atoms with Gasteiger partial charge in [0.25, 0.3) is 0 Å². The van der Waals surface area contributed by atoms with E-state index in [-0.39, 0.29) is 13.8 Å². The van der Waals surface area contributed by atoms with Crippen molar-refractivity contribution < 1.29 is 4.74 Å². The smallest absolute Gasteiger partial charge is 0.122 e. The van der Waals surface area contributed by atoms with E-state index in [0.29, 0.717) is 6.61 Å². The Hall–Kier alpha value is -2.91. The Labute approximate surface area is 271 Å². The predicted molar refractivity (Wildman–Crippen MR) is 202 cm³/mol. The minimum Gasteiger partial charge on any atom is -0.492 e. The minimum atomic E-state index is -0.141. The molecule has 0 radical (unpaired) electrons. The Bertz CT molecular complexity index is 1440. The average molecular weight is 630 g/mol. The van der Waals surface area contributed by atoms with Crippen LogP contribution in [0.15, 0.2) is 137 Å². The van der Waals surface area contributed by atoms with E-state index >= 15 is 0 Å². The van der Waals surface area contributed by atoms with E-state index in [1.807, 2.05) is 38.2 Å².